The highest BCUT2D eigenvalue weighted by molar-refractivity contribution is 6.34. The number of piperidine rings is 1. The third-order valence-electron chi connectivity index (χ3n) is 4.49. The Hall–Kier alpha value is -2.87. The first-order valence-electron chi connectivity index (χ1n) is 8.49. The summed E-state index contributed by atoms with van der Waals surface area (Å²) in [5.41, 5.74) is 1.01. The lowest BCUT2D eigenvalue weighted by Crippen LogP contribution is -2.39. The van der Waals surface area contributed by atoms with Crippen LogP contribution in [0.25, 0.3) is 0 Å². The van der Waals surface area contributed by atoms with Gasteiger partial charge in [0.25, 0.3) is 5.91 Å². The van der Waals surface area contributed by atoms with E-state index in [0.29, 0.717) is 42.2 Å². The molecule has 2 heterocycles. The fraction of sp³-hybridized carbons (Fsp3) is 0.333. The molecule has 0 spiro atoms. The Kier molecular flexibility index (Phi) is 5.46. The molecular formula is C18H19ClN4O4. The number of carboxylic acid groups (broad SMARTS) is 1. The number of hydrogen-bond donors (Lipinski definition) is 2. The van der Waals surface area contributed by atoms with Crippen molar-refractivity contribution >= 4 is 35.1 Å². The molecule has 0 bridgehead atoms. The number of rotatable bonds is 4. The lowest BCUT2D eigenvalue weighted by molar-refractivity contribution is -0.114. The molecule has 2 aromatic rings. The third-order valence-corrected chi connectivity index (χ3v) is 4.82. The minimum absolute atomic E-state index is 0.0448. The molecule has 0 radical (unpaired) electrons. The smallest absolute Gasteiger partial charge is 0.338 e. The number of amides is 2. The summed E-state index contributed by atoms with van der Waals surface area (Å²) in [6.45, 7) is 2.41. The molecule has 9 heteroatoms. The summed E-state index contributed by atoms with van der Waals surface area (Å²) >= 11 is 6.17. The van der Waals surface area contributed by atoms with Crippen molar-refractivity contribution < 1.29 is 19.5 Å². The number of benzene rings is 1. The number of carbonyl (C=O) groups excluding carboxylic acids is 2. The molecule has 0 unspecified atom stereocenters. The first-order chi connectivity index (χ1) is 12.8. The summed E-state index contributed by atoms with van der Waals surface area (Å²) < 4.78 is 1.65. The second-order valence-electron chi connectivity index (χ2n) is 6.41. The number of carboxylic acids is 1. The lowest BCUT2D eigenvalue weighted by atomic mass is 10.0. The van der Waals surface area contributed by atoms with Gasteiger partial charge < -0.3 is 15.3 Å². The third kappa shape index (κ3) is 4.28. The molecule has 27 heavy (non-hydrogen) atoms. The van der Waals surface area contributed by atoms with Crippen molar-refractivity contribution in [2.75, 3.05) is 18.4 Å². The Morgan fingerprint density at radius 3 is 2.56 bits per heavy atom. The first-order valence-corrected chi connectivity index (χ1v) is 8.87. The molecule has 0 aliphatic carbocycles. The van der Waals surface area contributed by atoms with Gasteiger partial charge in [-0.3, -0.25) is 14.3 Å². The number of hydrogen-bond acceptors (Lipinski definition) is 4. The van der Waals surface area contributed by atoms with Gasteiger partial charge in [0.2, 0.25) is 5.91 Å². The van der Waals surface area contributed by atoms with Crippen molar-refractivity contribution in [3.63, 3.8) is 0 Å². The summed E-state index contributed by atoms with van der Waals surface area (Å²) in [4.78, 5) is 36.7. The number of carbonyl (C=O) groups is 3. The molecule has 0 saturated carbocycles. The standard InChI is InChI=1S/C18H19ClN4O4/c1-11(24)21-13-2-3-16(19)15(8-13)17(25)22-6-4-14(5-7-22)23-10-12(9-20-23)18(26)27/h2-3,8-10,14H,4-7H2,1H3,(H,21,24)(H,26,27). The van der Waals surface area contributed by atoms with Gasteiger partial charge in [0, 0.05) is 31.9 Å². The molecule has 3 rings (SSSR count). The lowest BCUT2D eigenvalue weighted by Gasteiger charge is -2.32. The van der Waals surface area contributed by atoms with Crippen LogP contribution in [0.3, 0.4) is 0 Å². The monoisotopic (exact) mass is 390 g/mol. The molecule has 1 aromatic heterocycles. The predicted octanol–water partition coefficient (Wildman–Crippen LogP) is 2.67. The van der Waals surface area contributed by atoms with Gasteiger partial charge in [-0.25, -0.2) is 4.79 Å². The van der Waals surface area contributed by atoms with Crippen LogP contribution in [0, 0.1) is 0 Å². The molecule has 142 valence electrons. The molecule has 2 N–H and O–H groups in total. The van der Waals surface area contributed by atoms with E-state index in [-0.39, 0.29) is 23.4 Å². The van der Waals surface area contributed by atoms with E-state index in [1.54, 1.807) is 27.8 Å². The van der Waals surface area contributed by atoms with Crippen LogP contribution in [-0.4, -0.2) is 50.7 Å². The van der Waals surface area contributed by atoms with Crippen LogP contribution in [-0.2, 0) is 4.79 Å². The Balaban J connectivity index is 1.67. The topological polar surface area (TPSA) is 105 Å². The molecule has 8 nitrogen and oxygen atoms in total. The average Bonchev–Trinajstić information content (AvgIpc) is 3.13. The maximum atomic E-state index is 12.8. The minimum atomic E-state index is -1.01. The number of likely N-dealkylation sites (tertiary alicyclic amines) is 1. The number of nitrogens with zero attached hydrogens (tertiary/aromatic N) is 3. The molecule has 1 aliphatic rings. The SMILES string of the molecule is CC(=O)Nc1ccc(Cl)c(C(=O)N2CCC(n3cc(C(=O)O)cn3)CC2)c1. The molecule has 1 saturated heterocycles. The molecular weight excluding hydrogens is 372 g/mol. The van der Waals surface area contributed by atoms with E-state index in [4.69, 9.17) is 16.7 Å². The number of nitrogens with one attached hydrogen (secondary N) is 1. The quantitative estimate of drug-likeness (QED) is 0.835. The highest BCUT2D eigenvalue weighted by Gasteiger charge is 2.26. The fourth-order valence-corrected chi connectivity index (χ4v) is 3.32. The highest BCUT2D eigenvalue weighted by Crippen LogP contribution is 2.27. The van der Waals surface area contributed by atoms with Gasteiger partial charge in [-0.2, -0.15) is 5.10 Å². The summed E-state index contributed by atoms with van der Waals surface area (Å²) in [6.07, 6.45) is 4.16. The van der Waals surface area contributed by atoms with E-state index in [9.17, 15) is 14.4 Å². The van der Waals surface area contributed by atoms with Gasteiger partial charge in [0.15, 0.2) is 0 Å². The molecule has 0 atom stereocenters. The van der Waals surface area contributed by atoms with Crippen molar-refractivity contribution in [2.24, 2.45) is 0 Å². The van der Waals surface area contributed by atoms with Crippen LogP contribution >= 0.6 is 11.6 Å². The Morgan fingerprint density at radius 1 is 1.26 bits per heavy atom. The zero-order valence-electron chi connectivity index (χ0n) is 14.7. The van der Waals surface area contributed by atoms with Crippen LogP contribution in [0.15, 0.2) is 30.6 Å². The van der Waals surface area contributed by atoms with E-state index in [0.717, 1.165) is 0 Å². The highest BCUT2D eigenvalue weighted by atomic mass is 35.5. The number of anilines is 1. The zero-order chi connectivity index (χ0) is 19.6. The maximum absolute atomic E-state index is 12.8. The predicted molar refractivity (Wildman–Crippen MR) is 99.1 cm³/mol. The van der Waals surface area contributed by atoms with Gasteiger partial charge in [-0.05, 0) is 31.0 Å². The van der Waals surface area contributed by atoms with E-state index >= 15 is 0 Å². The van der Waals surface area contributed by atoms with Crippen LogP contribution < -0.4 is 5.32 Å². The van der Waals surface area contributed by atoms with Crippen LogP contribution in [0.5, 0.6) is 0 Å². The number of halogens is 1. The second kappa shape index (κ2) is 7.79. The van der Waals surface area contributed by atoms with Gasteiger partial charge in [-0.1, -0.05) is 11.6 Å². The second-order valence-corrected chi connectivity index (χ2v) is 6.82. The van der Waals surface area contributed by atoms with E-state index in [2.05, 4.69) is 10.4 Å². The van der Waals surface area contributed by atoms with Crippen molar-refractivity contribution in [3.05, 3.63) is 46.7 Å². The number of aromatic carboxylic acids is 1. The molecule has 1 aromatic carbocycles. The summed E-state index contributed by atoms with van der Waals surface area (Å²) in [7, 11) is 0. The summed E-state index contributed by atoms with van der Waals surface area (Å²) in [5, 5.41) is 16.1. The van der Waals surface area contributed by atoms with Crippen molar-refractivity contribution in [2.45, 2.75) is 25.8 Å². The Morgan fingerprint density at radius 2 is 1.96 bits per heavy atom. The van der Waals surface area contributed by atoms with Crippen molar-refractivity contribution in [1.29, 1.82) is 0 Å². The van der Waals surface area contributed by atoms with Crippen LogP contribution in [0.4, 0.5) is 5.69 Å². The van der Waals surface area contributed by atoms with E-state index in [1.807, 2.05) is 0 Å². The summed E-state index contributed by atoms with van der Waals surface area (Å²) in [6, 6.07) is 4.85. The normalized spacial score (nSPS) is 14.8. The number of aromatic nitrogens is 2. The molecule has 2 amide bonds. The van der Waals surface area contributed by atoms with Crippen LogP contribution in [0.2, 0.25) is 5.02 Å². The van der Waals surface area contributed by atoms with Gasteiger partial charge in [0.1, 0.15) is 0 Å². The van der Waals surface area contributed by atoms with Crippen LogP contribution in [0.1, 0.15) is 46.5 Å². The van der Waals surface area contributed by atoms with Gasteiger partial charge >= 0.3 is 5.97 Å². The van der Waals surface area contributed by atoms with Crippen molar-refractivity contribution in [1.82, 2.24) is 14.7 Å². The summed E-state index contributed by atoms with van der Waals surface area (Å²) in [5.74, 6) is -1.43. The van der Waals surface area contributed by atoms with Gasteiger partial charge in [0.05, 0.1) is 28.4 Å². The zero-order valence-corrected chi connectivity index (χ0v) is 15.4. The minimum Gasteiger partial charge on any atom is -0.478 e. The maximum Gasteiger partial charge on any atom is 0.338 e. The molecule has 1 fully saturated rings. The first kappa shape index (κ1) is 18.9. The van der Waals surface area contributed by atoms with E-state index < -0.39 is 5.97 Å². The van der Waals surface area contributed by atoms with Gasteiger partial charge in [-0.15, -0.1) is 0 Å². The van der Waals surface area contributed by atoms with E-state index in [1.165, 1.54) is 19.3 Å². The van der Waals surface area contributed by atoms with Crippen molar-refractivity contribution in [3.8, 4) is 0 Å². The Labute approximate surface area is 160 Å². The average molecular weight is 391 g/mol. The molecule has 1 aliphatic heterocycles. The fourth-order valence-electron chi connectivity index (χ4n) is 3.12. The Bertz CT molecular complexity index is 887. The largest absolute Gasteiger partial charge is 0.478 e.